The number of pyridine rings is 1. The van der Waals surface area contributed by atoms with E-state index in [9.17, 15) is 9.18 Å². The van der Waals surface area contributed by atoms with E-state index in [0.717, 1.165) is 19.4 Å². The van der Waals surface area contributed by atoms with Gasteiger partial charge >= 0.3 is 0 Å². The number of aromatic nitrogens is 1. The highest BCUT2D eigenvalue weighted by Gasteiger charge is 2.55. The second-order valence-corrected chi connectivity index (χ2v) is 7.16. The number of halogens is 1. The van der Waals surface area contributed by atoms with Gasteiger partial charge in [-0.3, -0.25) is 4.79 Å². The first-order chi connectivity index (χ1) is 11.7. The summed E-state index contributed by atoms with van der Waals surface area (Å²) in [7, 11) is 0. The van der Waals surface area contributed by atoms with Crippen LogP contribution in [0.4, 0.5) is 4.39 Å². The second-order valence-electron chi connectivity index (χ2n) is 7.16. The quantitative estimate of drug-likeness (QED) is 0.828. The Kier molecular flexibility index (Phi) is 4.16. The number of alkyl halides is 1. The molecule has 0 N–H and O–H groups in total. The standard InChI is InChI=1S/C18H23FN2O3/c19-15-9-13(10-15)17(22)21-11-18(12-21)14(5-8-24-18)4-7-23-16-3-1-2-6-20-16/h1-3,6,13-15H,4-5,7-12H2. The number of rotatable bonds is 5. The smallest absolute Gasteiger partial charge is 0.226 e. The van der Waals surface area contributed by atoms with Crippen molar-refractivity contribution in [3.05, 3.63) is 24.4 Å². The molecule has 1 atom stereocenters. The lowest BCUT2D eigenvalue weighted by Crippen LogP contribution is -2.67. The number of hydrogen-bond donors (Lipinski definition) is 0. The normalized spacial score (nSPS) is 30.7. The van der Waals surface area contributed by atoms with Gasteiger partial charge in [0.1, 0.15) is 11.8 Å². The fourth-order valence-electron chi connectivity index (χ4n) is 4.04. The van der Waals surface area contributed by atoms with E-state index in [2.05, 4.69) is 4.98 Å². The van der Waals surface area contributed by atoms with Gasteiger partial charge in [0.05, 0.1) is 19.7 Å². The van der Waals surface area contributed by atoms with Crippen molar-refractivity contribution in [2.24, 2.45) is 11.8 Å². The van der Waals surface area contributed by atoms with E-state index in [4.69, 9.17) is 9.47 Å². The number of hydrogen-bond acceptors (Lipinski definition) is 4. The minimum absolute atomic E-state index is 0.105. The highest BCUT2D eigenvalue weighted by Crippen LogP contribution is 2.43. The molecule has 0 radical (unpaired) electrons. The third-order valence-electron chi connectivity index (χ3n) is 5.61. The Balaban J connectivity index is 1.26. The van der Waals surface area contributed by atoms with Gasteiger partial charge in [-0.2, -0.15) is 0 Å². The lowest BCUT2D eigenvalue weighted by Gasteiger charge is -2.52. The predicted octanol–water partition coefficient (Wildman–Crippen LogP) is 2.22. The molecule has 6 heteroatoms. The van der Waals surface area contributed by atoms with Crippen molar-refractivity contribution >= 4 is 5.91 Å². The Bertz CT molecular complexity index is 585. The molecule has 1 unspecified atom stereocenters. The lowest BCUT2D eigenvalue weighted by molar-refractivity contribution is -0.173. The van der Waals surface area contributed by atoms with Gasteiger partial charge < -0.3 is 14.4 Å². The van der Waals surface area contributed by atoms with E-state index < -0.39 is 6.17 Å². The van der Waals surface area contributed by atoms with Crippen molar-refractivity contribution in [1.82, 2.24) is 9.88 Å². The summed E-state index contributed by atoms with van der Waals surface area (Å²) >= 11 is 0. The first kappa shape index (κ1) is 15.8. The Morgan fingerprint density at radius 1 is 1.42 bits per heavy atom. The van der Waals surface area contributed by atoms with Gasteiger partial charge in [-0.1, -0.05) is 6.07 Å². The molecule has 4 rings (SSSR count). The molecule has 1 amide bonds. The molecule has 0 aromatic carbocycles. The van der Waals surface area contributed by atoms with E-state index in [0.29, 0.717) is 44.3 Å². The molecule has 0 bridgehead atoms. The van der Waals surface area contributed by atoms with Crippen LogP contribution in [0.25, 0.3) is 0 Å². The molecule has 1 spiro atoms. The van der Waals surface area contributed by atoms with Crippen LogP contribution in [-0.4, -0.2) is 53.9 Å². The van der Waals surface area contributed by atoms with Crippen LogP contribution in [0.15, 0.2) is 24.4 Å². The van der Waals surface area contributed by atoms with Crippen molar-refractivity contribution in [3.8, 4) is 5.88 Å². The molecule has 3 heterocycles. The third-order valence-corrected chi connectivity index (χ3v) is 5.61. The van der Waals surface area contributed by atoms with Crippen molar-refractivity contribution in [2.75, 3.05) is 26.3 Å². The average molecular weight is 334 g/mol. The Labute approximate surface area is 141 Å². The maximum Gasteiger partial charge on any atom is 0.226 e. The van der Waals surface area contributed by atoms with Crippen molar-refractivity contribution in [1.29, 1.82) is 0 Å². The maximum absolute atomic E-state index is 12.9. The summed E-state index contributed by atoms with van der Waals surface area (Å²) in [5.41, 5.74) is -0.206. The topological polar surface area (TPSA) is 51.7 Å². The van der Waals surface area contributed by atoms with Gasteiger partial charge in [0.15, 0.2) is 0 Å². The zero-order valence-electron chi connectivity index (χ0n) is 13.7. The molecule has 1 saturated carbocycles. The summed E-state index contributed by atoms with van der Waals surface area (Å²) in [5.74, 6) is 1.04. The van der Waals surface area contributed by atoms with Crippen LogP contribution in [-0.2, 0) is 9.53 Å². The number of carbonyl (C=O) groups excluding carboxylic acids is 1. The molecule has 1 aromatic heterocycles. The summed E-state index contributed by atoms with van der Waals surface area (Å²) in [5, 5.41) is 0. The summed E-state index contributed by atoms with van der Waals surface area (Å²) in [4.78, 5) is 18.3. The molecule has 1 aromatic rings. The Hall–Kier alpha value is -1.69. The van der Waals surface area contributed by atoms with Gasteiger partial charge in [0, 0.05) is 24.8 Å². The third kappa shape index (κ3) is 2.88. The van der Waals surface area contributed by atoms with Gasteiger partial charge in [-0.15, -0.1) is 0 Å². The minimum Gasteiger partial charge on any atom is -0.478 e. The maximum atomic E-state index is 12.9. The molecule has 130 valence electrons. The van der Waals surface area contributed by atoms with E-state index in [-0.39, 0.29) is 17.4 Å². The van der Waals surface area contributed by atoms with Crippen molar-refractivity contribution < 1.29 is 18.7 Å². The number of carbonyl (C=O) groups is 1. The van der Waals surface area contributed by atoms with E-state index >= 15 is 0 Å². The average Bonchev–Trinajstić information content (AvgIpc) is 2.95. The van der Waals surface area contributed by atoms with Gasteiger partial charge in [0.25, 0.3) is 0 Å². The first-order valence-corrected chi connectivity index (χ1v) is 8.77. The SMILES string of the molecule is O=C(C1CC(F)C1)N1CC2(C1)OCCC2CCOc1ccccn1. The predicted molar refractivity (Wildman–Crippen MR) is 85.3 cm³/mol. The molecule has 24 heavy (non-hydrogen) atoms. The van der Waals surface area contributed by atoms with E-state index in [1.54, 1.807) is 6.20 Å². The molecule has 2 saturated heterocycles. The molecule has 3 aliphatic rings. The molecule has 1 aliphatic carbocycles. The molecular formula is C18H23FN2O3. The number of ether oxygens (including phenoxy) is 2. The van der Waals surface area contributed by atoms with Crippen molar-refractivity contribution in [2.45, 2.75) is 37.5 Å². The van der Waals surface area contributed by atoms with Gasteiger partial charge in [-0.05, 0) is 37.7 Å². The van der Waals surface area contributed by atoms with Crippen LogP contribution in [0.3, 0.4) is 0 Å². The Morgan fingerprint density at radius 3 is 2.96 bits per heavy atom. The monoisotopic (exact) mass is 334 g/mol. The molecule has 2 aliphatic heterocycles. The minimum atomic E-state index is -0.784. The molecular weight excluding hydrogens is 311 g/mol. The highest BCUT2D eigenvalue weighted by molar-refractivity contribution is 5.81. The Morgan fingerprint density at radius 2 is 2.25 bits per heavy atom. The van der Waals surface area contributed by atoms with Crippen molar-refractivity contribution in [3.63, 3.8) is 0 Å². The summed E-state index contributed by atoms with van der Waals surface area (Å²) < 4.78 is 24.6. The van der Waals surface area contributed by atoms with Crippen LogP contribution in [0.2, 0.25) is 0 Å². The number of amides is 1. The summed E-state index contributed by atoms with van der Waals surface area (Å²) in [6.45, 7) is 2.64. The van der Waals surface area contributed by atoms with E-state index in [1.165, 1.54) is 0 Å². The lowest BCUT2D eigenvalue weighted by atomic mass is 9.76. The van der Waals surface area contributed by atoms with Gasteiger partial charge in [-0.25, -0.2) is 9.37 Å². The van der Waals surface area contributed by atoms with E-state index in [1.807, 2.05) is 23.1 Å². The largest absolute Gasteiger partial charge is 0.478 e. The summed E-state index contributed by atoms with van der Waals surface area (Å²) in [6.07, 6.45) is 3.62. The van der Waals surface area contributed by atoms with Crippen LogP contribution < -0.4 is 4.74 Å². The summed E-state index contributed by atoms with van der Waals surface area (Å²) in [6, 6.07) is 5.61. The van der Waals surface area contributed by atoms with Crippen LogP contribution in [0, 0.1) is 11.8 Å². The van der Waals surface area contributed by atoms with Crippen LogP contribution >= 0.6 is 0 Å². The fraction of sp³-hybridized carbons (Fsp3) is 0.667. The molecule has 5 nitrogen and oxygen atoms in total. The van der Waals surface area contributed by atoms with Crippen LogP contribution in [0.5, 0.6) is 5.88 Å². The number of nitrogens with zero attached hydrogens (tertiary/aromatic N) is 2. The number of likely N-dealkylation sites (tertiary alicyclic amines) is 1. The first-order valence-electron chi connectivity index (χ1n) is 8.77. The van der Waals surface area contributed by atoms with Crippen LogP contribution in [0.1, 0.15) is 25.7 Å². The van der Waals surface area contributed by atoms with Gasteiger partial charge in [0.2, 0.25) is 11.8 Å². The second kappa shape index (κ2) is 6.31. The molecule has 3 fully saturated rings. The highest BCUT2D eigenvalue weighted by atomic mass is 19.1. The zero-order valence-corrected chi connectivity index (χ0v) is 13.7. The fourth-order valence-corrected chi connectivity index (χ4v) is 4.04. The zero-order chi connectivity index (χ0) is 16.6.